The molecule has 0 amide bonds. The molecule has 0 saturated heterocycles. The first-order chi connectivity index (χ1) is 3.43. The third-order valence-corrected chi connectivity index (χ3v) is 1.10. The maximum absolute atomic E-state index is 4.67. The number of hydrogen-bond acceptors (Lipinski definition) is 2. The van der Waals surface area contributed by atoms with Gasteiger partial charge >= 0.3 is 0 Å². The van der Waals surface area contributed by atoms with Crippen molar-refractivity contribution in [1.82, 2.24) is 0 Å². The Morgan fingerprint density at radius 2 is 2.43 bits per heavy atom. The molecule has 0 bridgehead atoms. The molecule has 0 aromatic rings. The summed E-state index contributed by atoms with van der Waals surface area (Å²) in [6.45, 7) is 3.97. The summed E-state index contributed by atoms with van der Waals surface area (Å²) in [5, 5.41) is 3.27. The summed E-state index contributed by atoms with van der Waals surface area (Å²) in [6.07, 6.45) is 2.63. The lowest BCUT2D eigenvalue weighted by Crippen LogP contribution is -1.86. The molecule has 0 radical (unpaired) electrons. The fourth-order valence-corrected chi connectivity index (χ4v) is 0.443. The van der Waals surface area contributed by atoms with Crippen LogP contribution < -0.4 is 0 Å². The van der Waals surface area contributed by atoms with Gasteiger partial charge in [0, 0.05) is 6.72 Å². The lowest BCUT2D eigenvalue weighted by atomic mass is 10.5. The number of rotatable bonds is 3. The first-order valence-electron chi connectivity index (χ1n) is 2.51. The van der Waals surface area contributed by atoms with Gasteiger partial charge in [0.1, 0.15) is 6.61 Å². The zero-order valence-corrected chi connectivity index (χ0v) is 4.26. The van der Waals surface area contributed by atoms with E-state index in [2.05, 4.69) is 16.7 Å². The van der Waals surface area contributed by atoms with Gasteiger partial charge in [0.25, 0.3) is 0 Å². The van der Waals surface area contributed by atoms with Crippen LogP contribution in [-0.4, -0.2) is 13.3 Å². The fraction of sp³-hybridized carbons (Fsp3) is 0.800. The van der Waals surface area contributed by atoms with E-state index in [1.165, 1.54) is 12.8 Å². The smallest absolute Gasteiger partial charge is 0.119 e. The van der Waals surface area contributed by atoms with Crippen molar-refractivity contribution in [3.8, 4) is 0 Å². The highest BCUT2D eigenvalue weighted by molar-refractivity contribution is 5.21. The molecule has 0 aromatic carbocycles. The van der Waals surface area contributed by atoms with E-state index in [4.69, 9.17) is 0 Å². The highest BCUT2D eigenvalue weighted by Crippen LogP contribution is 2.28. The van der Waals surface area contributed by atoms with Crippen molar-refractivity contribution in [1.29, 1.82) is 0 Å². The molecular weight excluding hydrogens is 90.1 g/mol. The highest BCUT2D eigenvalue weighted by atomic mass is 16.6. The third kappa shape index (κ3) is 1.57. The quantitative estimate of drug-likeness (QED) is 0.382. The lowest BCUT2D eigenvalue weighted by molar-refractivity contribution is 0.136. The third-order valence-electron chi connectivity index (χ3n) is 1.10. The maximum atomic E-state index is 4.67. The molecule has 1 fully saturated rings. The summed E-state index contributed by atoms with van der Waals surface area (Å²) >= 11 is 0. The van der Waals surface area contributed by atoms with E-state index in [0.717, 1.165) is 12.5 Å². The predicted octanol–water partition coefficient (Wildman–Crippen LogP) is 1.03. The summed E-state index contributed by atoms with van der Waals surface area (Å²) in [4.78, 5) is 4.67. The molecule has 0 spiro atoms. The van der Waals surface area contributed by atoms with Crippen LogP contribution in [-0.2, 0) is 4.84 Å². The van der Waals surface area contributed by atoms with Gasteiger partial charge in [-0.3, -0.25) is 0 Å². The summed E-state index contributed by atoms with van der Waals surface area (Å²) in [5.41, 5.74) is 0. The van der Waals surface area contributed by atoms with Gasteiger partial charge in [0.2, 0.25) is 0 Å². The van der Waals surface area contributed by atoms with Crippen molar-refractivity contribution in [2.24, 2.45) is 11.1 Å². The van der Waals surface area contributed by atoms with Crippen molar-refractivity contribution in [3.63, 3.8) is 0 Å². The van der Waals surface area contributed by atoms with Crippen LogP contribution in [0.15, 0.2) is 5.16 Å². The Morgan fingerprint density at radius 1 is 1.71 bits per heavy atom. The van der Waals surface area contributed by atoms with Crippen LogP contribution in [0.4, 0.5) is 0 Å². The molecule has 0 aromatic heterocycles. The van der Waals surface area contributed by atoms with Crippen LogP contribution in [0.1, 0.15) is 12.8 Å². The largest absolute Gasteiger partial charge is 0.396 e. The summed E-state index contributed by atoms with van der Waals surface area (Å²) in [7, 11) is 0. The summed E-state index contributed by atoms with van der Waals surface area (Å²) < 4.78 is 0. The Kier molecular flexibility index (Phi) is 1.29. The second-order valence-electron chi connectivity index (χ2n) is 1.87. The highest BCUT2D eigenvalue weighted by Gasteiger charge is 2.21. The Bertz CT molecular complexity index is 68.5. The van der Waals surface area contributed by atoms with Gasteiger partial charge in [0.05, 0.1) is 0 Å². The molecule has 1 aliphatic carbocycles. The first kappa shape index (κ1) is 4.62. The topological polar surface area (TPSA) is 21.6 Å². The maximum Gasteiger partial charge on any atom is 0.119 e. The van der Waals surface area contributed by atoms with Crippen molar-refractivity contribution in [2.75, 3.05) is 6.61 Å². The second kappa shape index (κ2) is 1.96. The van der Waals surface area contributed by atoms with Crippen LogP contribution in [0.5, 0.6) is 0 Å². The van der Waals surface area contributed by atoms with Crippen molar-refractivity contribution < 1.29 is 4.84 Å². The standard InChI is InChI=1S/C5H9NO/c1-6-7-4-5-2-3-5/h5H,1-4H2. The van der Waals surface area contributed by atoms with Gasteiger partial charge in [0.15, 0.2) is 0 Å². The molecule has 1 rings (SSSR count). The van der Waals surface area contributed by atoms with Crippen LogP contribution in [0.3, 0.4) is 0 Å². The molecule has 2 heteroatoms. The zero-order chi connectivity index (χ0) is 5.11. The average Bonchev–Trinajstić information content (AvgIpc) is 2.42. The van der Waals surface area contributed by atoms with Crippen molar-refractivity contribution in [2.45, 2.75) is 12.8 Å². The van der Waals surface area contributed by atoms with Crippen LogP contribution in [0.25, 0.3) is 0 Å². The van der Waals surface area contributed by atoms with Gasteiger partial charge in [-0.15, -0.1) is 5.16 Å². The fourth-order valence-electron chi connectivity index (χ4n) is 0.443. The Labute approximate surface area is 43.2 Å². The van der Waals surface area contributed by atoms with Gasteiger partial charge in [-0.25, -0.2) is 0 Å². The van der Waals surface area contributed by atoms with E-state index in [0.29, 0.717) is 0 Å². The molecule has 0 aliphatic heterocycles. The van der Waals surface area contributed by atoms with E-state index >= 15 is 0 Å². The lowest BCUT2D eigenvalue weighted by Gasteiger charge is -1.90. The van der Waals surface area contributed by atoms with Crippen molar-refractivity contribution in [3.05, 3.63) is 0 Å². The Hall–Kier alpha value is -0.530. The molecule has 1 aliphatic rings. The SMILES string of the molecule is C=NOCC1CC1. The van der Waals surface area contributed by atoms with Gasteiger partial charge in [-0.2, -0.15) is 0 Å². The molecule has 7 heavy (non-hydrogen) atoms. The van der Waals surface area contributed by atoms with E-state index in [-0.39, 0.29) is 0 Å². The van der Waals surface area contributed by atoms with Crippen LogP contribution in [0.2, 0.25) is 0 Å². The molecule has 0 unspecified atom stereocenters. The molecular formula is C5H9NO. The number of oxime groups is 1. The zero-order valence-electron chi connectivity index (χ0n) is 4.26. The predicted molar refractivity (Wildman–Crippen MR) is 28.2 cm³/mol. The number of nitrogens with zero attached hydrogens (tertiary/aromatic N) is 1. The minimum Gasteiger partial charge on any atom is -0.396 e. The van der Waals surface area contributed by atoms with E-state index < -0.39 is 0 Å². The average molecular weight is 99.1 g/mol. The minimum atomic E-state index is 0.781. The van der Waals surface area contributed by atoms with Crippen molar-refractivity contribution >= 4 is 6.72 Å². The molecule has 40 valence electrons. The molecule has 0 N–H and O–H groups in total. The van der Waals surface area contributed by atoms with E-state index in [9.17, 15) is 0 Å². The Morgan fingerprint density at radius 3 is 2.86 bits per heavy atom. The summed E-state index contributed by atoms with van der Waals surface area (Å²) in [6, 6.07) is 0. The second-order valence-corrected chi connectivity index (χ2v) is 1.87. The monoisotopic (exact) mass is 99.1 g/mol. The van der Waals surface area contributed by atoms with Gasteiger partial charge < -0.3 is 4.84 Å². The normalized spacial score (nSPS) is 18.9. The van der Waals surface area contributed by atoms with E-state index in [1.54, 1.807) is 0 Å². The molecule has 1 saturated carbocycles. The van der Waals surface area contributed by atoms with E-state index in [1.807, 2.05) is 0 Å². The Balaban J connectivity index is 1.88. The van der Waals surface area contributed by atoms with Gasteiger partial charge in [-0.05, 0) is 18.8 Å². The van der Waals surface area contributed by atoms with Crippen LogP contribution in [0, 0.1) is 5.92 Å². The first-order valence-corrected chi connectivity index (χ1v) is 2.51. The molecule has 0 atom stereocenters. The van der Waals surface area contributed by atoms with Gasteiger partial charge in [-0.1, -0.05) is 0 Å². The summed E-state index contributed by atoms with van der Waals surface area (Å²) in [5.74, 6) is 0.797. The number of hydrogen-bond donors (Lipinski definition) is 0. The molecule has 2 nitrogen and oxygen atoms in total. The molecule has 0 heterocycles. The van der Waals surface area contributed by atoms with Crippen LogP contribution >= 0.6 is 0 Å². The minimum absolute atomic E-state index is 0.781.